The predicted molar refractivity (Wildman–Crippen MR) is 85.5 cm³/mol. The molecule has 2 amide bonds. The van der Waals surface area contributed by atoms with Crippen molar-refractivity contribution >= 4 is 17.5 Å². The summed E-state index contributed by atoms with van der Waals surface area (Å²) in [6.07, 6.45) is 1.33. The van der Waals surface area contributed by atoms with Gasteiger partial charge < -0.3 is 20.7 Å². The van der Waals surface area contributed by atoms with Crippen LogP contribution in [0, 0.1) is 0 Å². The first-order valence-electron chi connectivity index (χ1n) is 7.08. The number of aliphatic hydroxyl groups is 1. The van der Waals surface area contributed by atoms with E-state index in [9.17, 15) is 24.3 Å². The van der Waals surface area contributed by atoms with E-state index in [2.05, 4.69) is 15.6 Å². The van der Waals surface area contributed by atoms with Gasteiger partial charge in [-0.25, -0.2) is 4.79 Å². The summed E-state index contributed by atoms with van der Waals surface area (Å²) in [6, 6.07) is 8.48. The van der Waals surface area contributed by atoms with E-state index >= 15 is 0 Å². The molecule has 2 aromatic rings. The lowest BCUT2D eigenvalue weighted by Crippen LogP contribution is -2.45. The maximum atomic E-state index is 11.9. The second-order valence-corrected chi connectivity index (χ2v) is 4.98. The molecule has 0 bridgehead atoms. The van der Waals surface area contributed by atoms with Crippen LogP contribution in [0.3, 0.4) is 0 Å². The number of amides is 2. The molecule has 126 valence electrons. The van der Waals surface area contributed by atoms with E-state index in [4.69, 9.17) is 0 Å². The summed E-state index contributed by atoms with van der Waals surface area (Å²) in [5, 5.41) is 13.8. The highest BCUT2D eigenvalue weighted by molar-refractivity contribution is 6.39. The molecule has 5 N–H and O–H groups in total. The van der Waals surface area contributed by atoms with Crippen molar-refractivity contribution in [3.63, 3.8) is 0 Å². The van der Waals surface area contributed by atoms with E-state index in [1.54, 1.807) is 0 Å². The molecule has 1 aromatic carbocycles. The summed E-state index contributed by atoms with van der Waals surface area (Å²) >= 11 is 0. The first-order valence-corrected chi connectivity index (χ1v) is 7.08. The molecular formula is C15H16N4O5. The molecule has 0 saturated carbocycles. The minimum Gasteiger partial charge on any atom is -0.394 e. The molecule has 1 heterocycles. The Balaban J connectivity index is 1.98. The standard InChI is InChI=1S/C15H16N4O5/c20-8-10(6-9-4-2-1-3-5-9)17-13(22)14(23)18-11-7-16-15(24)19-12(11)21/h1-5,7,10,20H,6,8H2,(H,17,22)(H,18,23)(H2,16,19,21,24)/t10-/m1/s1. The molecule has 9 heteroatoms. The average molecular weight is 332 g/mol. The van der Waals surface area contributed by atoms with Crippen LogP contribution < -0.4 is 21.9 Å². The molecular weight excluding hydrogens is 316 g/mol. The lowest BCUT2D eigenvalue weighted by Gasteiger charge is -2.16. The average Bonchev–Trinajstić information content (AvgIpc) is 2.57. The molecule has 9 nitrogen and oxygen atoms in total. The third-order valence-corrected chi connectivity index (χ3v) is 3.15. The molecule has 0 radical (unpaired) electrons. The third-order valence-electron chi connectivity index (χ3n) is 3.15. The van der Waals surface area contributed by atoms with Gasteiger partial charge in [-0.3, -0.25) is 19.4 Å². The second-order valence-electron chi connectivity index (χ2n) is 4.98. The van der Waals surface area contributed by atoms with Gasteiger partial charge in [-0.2, -0.15) is 0 Å². The maximum Gasteiger partial charge on any atom is 0.325 e. The molecule has 1 atom stereocenters. The van der Waals surface area contributed by atoms with Crippen molar-refractivity contribution < 1.29 is 14.7 Å². The van der Waals surface area contributed by atoms with Crippen LogP contribution in [0.5, 0.6) is 0 Å². The van der Waals surface area contributed by atoms with Gasteiger partial charge in [0.15, 0.2) is 0 Å². The molecule has 0 fully saturated rings. The fourth-order valence-electron chi connectivity index (χ4n) is 1.99. The Hall–Kier alpha value is -3.20. The van der Waals surface area contributed by atoms with Gasteiger partial charge in [-0.1, -0.05) is 30.3 Å². The van der Waals surface area contributed by atoms with Gasteiger partial charge in [0.25, 0.3) is 5.56 Å². The van der Waals surface area contributed by atoms with Gasteiger partial charge in [-0.05, 0) is 12.0 Å². The van der Waals surface area contributed by atoms with E-state index in [1.807, 2.05) is 35.3 Å². The largest absolute Gasteiger partial charge is 0.394 e. The Bertz CT molecular complexity index is 828. The highest BCUT2D eigenvalue weighted by atomic mass is 16.3. The first kappa shape index (κ1) is 17.2. The number of carbonyl (C=O) groups excluding carboxylic acids is 2. The molecule has 24 heavy (non-hydrogen) atoms. The lowest BCUT2D eigenvalue weighted by molar-refractivity contribution is -0.136. The lowest BCUT2D eigenvalue weighted by atomic mass is 10.1. The van der Waals surface area contributed by atoms with Gasteiger partial charge in [0.2, 0.25) is 0 Å². The minimum absolute atomic E-state index is 0.265. The SMILES string of the molecule is O=C(Nc1c[nH]c(=O)[nH]c1=O)C(=O)N[C@@H](CO)Cc1ccccc1. The second kappa shape index (κ2) is 7.88. The van der Waals surface area contributed by atoms with Crippen LogP contribution in [0.1, 0.15) is 5.56 Å². The number of benzene rings is 1. The summed E-state index contributed by atoms with van der Waals surface area (Å²) in [5.41, 5.74) is -0.943. The molecule has 2 rings (SSSR count). The van der Waals surface area contributed by atoms with Crippen molar-refractivity contribution in [2.45, 2.75) is 12.5 Å². The number of carbonyl (C=O) groups is 2. The van der Waals surface area contributed by atoms with Crippen LogP contribution in [0.25, 0.3) is 0 Å². The summed E-state index contributed by atoms with van der Waals surface area (Å²) in [6.45, 7) is -0.354. The Morgan fingerprint density at radius 3 is 2.46 bits per heavy atom. The summed E-state index contributed by atoms with van der Waals surface area (Å²) in [4.78, 5) is 50.1. The fourth-order valence-corrected chi connectivity index (χ4v) is 1.99. The van der Waals surface area contributed by atoms with Crippen LogP contribution in [-0.2, 0) is 16.0 Å². The number of H-pyrrole nitrogens is 2. The molecule has 0 spiro atoms. The van der Waals surface area contributed by atoms with Crippen molar-refractivity contribution in [1.29, 1.82) is 0 Å². The zero-order valence-electron chi connectivity index (χ0n) is 12.5. The van der Waals surface area contributed by atoms with Crippen LogP contribution in [0.15, 0.2) is 46.1 Å². The van der Waals surface area contributed by atoms with Crippen LogP contribution in [0.4, 0.5) is 5.69 Å². The highest BCUT2D eigenvalue weighted by Crippen LogP contribution is 2.03. The van der Waals surface area contributed by atoms with Crippen LogP contribution in [0.2, 0.25) is 0 Å². The number of anilines is 1. The Morgan fingerprint density at radius 1 is 1.12 bits per heavy atom. The smallest absolute Gasteiger partial charge is 0.325 e. The Kier molecular flexibility index (Phi) is 5.63. The number of rotatable bonds is 5. The van der Waals surface area contributed by atoms with Gasteiger partial charge in [0, 0.05) is 6.20 Å². The van der Waals surface area contributed by atoms with Gasteiger partial charge in [-0.15, -0.1) is 0 Å². The Labute approximate surface area is 135 Å². The zero-order chi connectivity index (χ0) is 17.5. The van der Waals surface area contributed by atoms with E-state index < -0.39 is 29.1 Å². The third kappa shape index (κ3) is 4.65. The Morgan fingerprint density at radius 2 is 1.83 bits per heavy atom. The van der Waals surface area contributed by atoms with Gasteiger partial charge >= 0.3 is 17.5 Å². The molecule has 1 aromatic heterocycles. The van der Waals surface area contributed by atoms with Crippen molar-refractivity contribution in [2.24, 2.45) is 0 Å². The molecule has 0 unspecified atom stereocenters. The minimum atomic E-state index is -1.08. The van der Waals surface area contributed by atoms with Crippen LogP contribution >= 0.6 is 0 Å². The predicted octanol–water partition coefficient (Wildman–Crippen LogP) is -1.28. The summed E-state index contributed by atoms with van der Waals surface area (Å²) < 4.78 is 0. The normalized spacial score (nSPS) is 11.5. The van der Waals surface area contributed by atoms with Crippen molar-refractivity contribution in [2.75, 3.05) is 11.9 Å². The fraction of sp³-hybridized carbons (Fsp3) is 0.200. The van der Waals surface area contributed by atoms with Crippen LogP contribution in [-0.4, -0.2) is 39.5 Å². The maximum absolute atomic E-state index is 11.9. The number of hydrogen-bond acceptors (Lipinski definition) is 5. The topological polar surface area (TPSA) is 144 Å². The van der Waals surface area contributed by atoms with E-state index in [1.165, 1.54) is 0 Å². The molecule has 0 aliphatic heterocycles. The number of aliphatic hydroxyl groups excluding tert-OH is 1. The number of aromatic amines is 2. The number of nitrogens with one attached hydrogen (secondary N) is 4. The number of hydrogen-bond donors (Lipinski definition) is 5. The van der Waals surface area contributed by atoms with Crippen molar-refractivity contribution in [3.05, 3.63) is 62.9 Å². The van der Waals surface area contributed by atoms with Gasteiger partial charge in [0.05, 0.1) is 12.6 Å². The van der Waals surface area contributed by atoms with Crippen molar-refractivity contribution in [1.82, 2.24) is 15.3 Å². The molecule has 0 aliphatic rings. The highest BCUT2D eigenvalue weighted by Gasteiger charge is 2.19. The molecule has 0 aliphatic carbocycles. The van der Waals surface area contributed by atoms with E-state index in [0.29, 0.717) is 6.42 Å². The first-order chi connectivity index (χ1) is 11.5. The summed E-state index contributed by atoms with van der Waals surface area (Å²) in [7, 11) is 0. The molecule has 0 saturated heterocycles. The van der Waals surface area contributed by atoms with Crippen molar-refractivity contribution in [3.8, 4) is 0 Å². The van der Waals surface area contributed by atoms with E-state index in [-0.39, 0.29) is 12.3 Å². The monoisotopic (exact) mass is 332 g/mol. The van der Waals surface area contributed by atoms with Gasteiger partial charge in [0.1, 0.15) is 5.69 Å². The quantitative estimate of drug-likeness (QED) is 0.433. The summed E-state index contributed by atoms with van der Waals surface area (Å²) in [5.74, 6) is -2.09. The number of aromatic nitrogens is 2. The van der Waals surface area contributed by atoms with E-state index in [0.717, 1.165) is 11.8 Å². The zero-order valence-corrected chi connectivity index (χ0v) is 12.5.